The maximum Gasteiger partial charge on any atom is 0.187 e. The lowest BCUT2D eigenvalue weighted by Gasteiger charge is -2.36. The quantitative estimate of drug-likeness (QED) is 0.668. The van der Waals surface area contributed by atoms with Gasteiger partial charge in [0.1, 0.15) is 0 Å². The molecule has 0 saturated carbocycles. The second-order valence-corrected chi connectivity index (χ2v) is 7.00. The fraction of sp³-hybridized carbons (Fsp3) is 0.286. The number of hydrogen-bond acceptors (Lipinski definition) is 3. The van der Waals surface area contributed by atoms with E-state index in [1.54, 1.807) is 6.08 Å². The van der Waals surface area contributed by atoms with Crippen molar-refractivity contribution in [2.24, 2.45) is 0 Å². The summed E-state index contributed by atoms with van der Waals surface area (Å²) in [5, 5.41) is 6.72. The molecule has 3 rings (SSSR count). The average molecular weight is 320 g/mol. The number of ketones is 1. The summed E-state index contributed by atoms with van der Waals surface area (Å²) in [5.41, 5.74) is 5.18. The topological polar surface area (TPSA) is 41.1 Å². The predicted octanol–water partition coefficient (Wildman–Crippen LogP) is 3.55. The van der Waals surface area contributed by atoms with E-state index in [0.29, 0.717) is 5.56 Å². The van der Waals surface area contributed by atoms with E-state index in [-0.39, 0.29) is 11.3 Å². The molecule has 1 aliphatic rings. The number of nitrogens with one attached hydrogen (secondary N) is 2. The monoisotopic (exact) mass is 320 g/mol. The fourth-order valence-corrected chi connectivity index (χ4v) is 3.23. The number of allylic oxidation sites excluding steroid dienone is 1. The van der Waals surface area contributed by atoms with Crippen LogP contribution in [0.1, 0.15) is 40.9 Å². The van der Waals surface area contributed by atoms with Crippen LogP contribution in [0, 0.1) is 0 Å². The predicted molar refractivity (Wildman–Crippen MR) is 98.9 cm³/mol. The zero-order valence-corrected chi connectivity index (χ0v) is 14.5. The van der Waals surface area contributed by atoms with Crippen molar-refractivity contribution in [2.45, 2.75) is 32.4 Å². The summed E-state index contributed by atoms with van der Waals surface area (Å²) in [6.07, 6.45) is 2.68. The first-order chi connectivity index (χ1) is 11.5. The van der Waals surface area contributed by atoms with Crippen molar-refractivity contribution in [2.75, 3.05) is 7.05 Å². The van der Waals surface area contributed by atoms with E-state index in [9.17, 15) is 4.79 Å². The van der Waals surface area contributed by atoms with Gasteiger partial charge in [-0.1, -0.05) is 42.5 Å². The molecule has 0 saturated heterocycles. The van der Waals surface area contributed by atoms with Gasteiger partial charge in [0, 0.05) is 35.0 Å². The Morgan fingerprint density at radius 3 is 2.67 bits per heavy atom. The van der Waals surface area contributed by atoms with Crippen LogP contribution in [-0.2, 0) is 13.0 Å². The zero-order valence-electron chi connectivity index (χ0n) is 14.5. The molecule has 0 radical (unpaired) electrons. The third-order valence-electron chi connectivity index (χ3n) is 4.28. The summed E-state index contributed by atoms with van der Waals surface area (Å²) < 4.78 is 0. The number of carbonyl (C=O) groups is 1. The number of carbonyl (C=O) groups excluding carboxylic acids is 1. The van der Waals surface area contributed by atoms with Crippen molar-refractivity contribution in [3.63, 3.8) is 0 Å². The van der Waals surface area contributed by atoms with Crippen molar-refractivity contribution < 1.29 is 4.79 Å². The van der Waals surface area contributed by atoms with Crippen LogP contribution in [-0.4, -0.2) is 18.4 Å². The molecule has 1 aliphatic heterocycles. The largest absolute Gasteiger partial charge is 0.379 e. The highest BCUT2D eigenvalue weighted by Crippen LogP contribution is 2.30. The van der Waals surface area contributed by atoms with Crippen molar-refractivity contribution in [1.29, 1.82) is 0 Å². The number of hydrogen-bond donors (Lipinski definition) is 2. The molecule has 2 N–H and O–H groups in total. The van der Waals surface area contributed by atoms with E-state index in [1.165, 1.54) is 11.1 Å². The van der Waals surface area contributed by atoms with E-state index < -0.39 is 0 Å². The van der Waals surface area contributed by atoms with Gasteiger partial charge in [-0.05, 0) is 44.5 Å². The van der Waals surface area contributed by atoms with Gasteiger partial charge in [-0.3, -0.25) is 4.79 Å². The second-order valence-electron chi connectivity index (χ2n) is 7.00. The molecule has 1 heterocycles. The molecule has 0 amide bonds. The molecule has 0 bridgehead atoms. The molecule has 3 nitrogen and oxygen atoms in total. The minimum atomic E-state index is -0.0691. The van der Waals surface area contributed by atoms with Gasteiger partial charge in [-0.25, -0.2) is 0 Å². The first kappa shape index (κ1) is 16.5. The average Bonchev–Trinajstić information content (AvgIpc) is 2.55. The Hall–Kier alpha value is -2.39. The molecule has 0 atom stereocenters. The Kier molecular flexibility index (Phi) is 4.54. The third kappa shape index (κ3) is 3.57. The van der Waals surface area contributed by atoms with E-state index in [1.807, 2.05) is 37.4 Å². The van der Waals surface area contributed by atoms with Crippen LogP contribution in [0.25, 0.3) is 5.70 Å². The Labute approximate surface area is 143 Å². The molecule has 0 aromatic heterocycles. The van der Waals surface area contributed by atoms with E-state index in [2.05, 4.69) is 42.7 Å². The normalized spacial score (nSPS) is 17.2. The van der Waals surface area contributed by atoms with Crippen molar-refractivity contribution >= 4 is 11.5 Å². The highest BCUT2D eigenvalue weighted by Gasteiger charge is 2.28. The third-order valence-corrected chi connectivity index (χ3v) is 4.28. The van der Waals surface area contributed by atoms with Crippen LogP contribution in [0.15, 0.2) is 54.6 Å². The van der Waals surface area contributed by atoms with Gasteiger partial charge in [-0.2, -0.15) is 0 Å². The number of benzene rings is 2. The summed E-state index contributed by atoms with van der Waals surface area (Å²) in [6, 6.07) is 15.9. The molecule has 124 valence electrons. The van der Waals surface area contributed by atoms with E-state index in [0.717, 1.165) is 24.2 Å². The van der Waals surface area contributed by atoms with Gasteiger partial charge in [0.15, 0.2) is 5.78 Å². The summed E-state index contributed by atoms with van der Waals surface area (Å²) in [4.78, 5) is 12.6. The minimum absolute atomic E-state index is 0.0285. The minimum Gasteiger partial charge on any atom is -0.379 e. The fourth-order valence-electron chi connectivity index (χ4n) is 3.23. The van der Waals surface area contributed by atoms with Gasteiger partial charge >= 0.3 is 0 Å². The highest BCUT2D eigenvalue weighted by molar-refractivity contribution is 6.08. The first-order valence-corrected chi connectivity index (χ1v) is 8.34. The zero-order chi connectivity index (χ0) is 17.2. The lowest BCUT2D eigenvalue weighted by molar-refractivity contribution is 0.104. The molecule has 0 unspecified atom stereocenters. The lowest BCUT2D eigenvalue weighted by atomic mass is 9.84. The van der Waals surface area contributed by atoms with Crippen LogP contribution in [0.4, 0.5) is 0 Å². The van der Waals surface area contributed by atoms with Crippen LogP contribution < -0.4 is 10.6 Å². The molecule has 3 heteroatoms. The Morgan fingerprint density at radius 2 is 1.96 bits per heavy atom. The Morgan fingerprint density at radius 1 is 1.21 bits per heavy atom. The van der Waals surface area contributed by atoms with Gasteiger partial charge in [0.05, 0.1) is 0 Å². The second kappa shape index (κ2) is 6.62. The first-order valence-electron chi connectivity index (χ1n) is 8.34. The van der Waals surface area contributed by atoms with Crippen molar-refractivity contribution in [3.05, 3.63) is 76.9 Å². The van der Waals surface area contributed by atoms with Gasteiger partial charge in [0.2, 0.25) is 0 Å². The van der Waals surface area contributed by atoms with Gasteiger partial charge < -0.3 is 10.6 Å². The molecular formula is C21H24N2O. The molecule has 2 aromatic carbocycles. The highest BCUT2D eigenvalue weighted by atomic mass is 16.1. The number of fused-ring (bicyclic) bond motifs is 1. The molecule has 2 aromatic rings. The molecule has 0 spiro atoms. The maximum atomic E-state index is 12.6. The van der Waals surface area contributed by atoms with Crippen LogP contribution in [0.5, 0.6) is 0 Å². The van der Waals surface area contributed by atoms with Crippen molar-refractivity contribution in [3.8, 4) is 0 Å². The lowest BCUT2D eigenvalue weighted by Crippen LogP contribution is -2.44. The van der Waals surface area contributed by atoms with E-state index in [4.69, 9.17) is 0 Å². The Balaban J connectivity index is 2.02. The molecule has 0 fully saturated rings. The molecule has 0 aliphatic carbocycles. The summed E-state index contributed by atoms with van der Waals surface area (Å²) >= 11 is 0. The van der Waals surface area contributed by atoms with Gasteiger partial charge in [-0.15, -0.1) is 0 Å². The maximum absolute atomic E-state index is 12.6. The van der Waals surface area contributed by atoms with Gasteiger partial charge in [0.25, 0.3) is 0 Å². The molecular weight excluding hydrogens is 296 g/mol. The van der Waals surface area contributed by atoms with Crippen LogP contribution >= 0.6 is 0 Å². The SMILES string of the molecule is CNCc1ccc2c(c1)C(=CC(=O)c1ccccc1)NC(C)(C)C2. The smallest absolute Gasteiger partial charge is 0.187 e. The molecule has 24 heavy (non-hydrogen) atoms. The summed E-state index contributed by atoms with van der Waals surface area (Å²) in [7, 11) is 1.94. The van der Waals surface area contributed by atoms with Crippen molar-refractivity contribution in [1.82, 2.24) is 10.6 Å². The number of rotatable bonds is 4. The standard InChI is InChI=1S/C21H24N2O/c1-21(2)13-17-10-9-15(14-22-3)11-18(17)19(23-21)12-20(24)16-7-5-4-6-8-16/h4-12,22-23H,13-14H2,1-3H3. The summed E-state index contributed by atoms with van der Waals surface area (Å²) in [6.45, 7) is 5.15. The van der Waals surface area contributed by atoms with Crippen LogP contribution in [0.2, 0.25) is 0 Å². The van der Waals surface area contributed by atoms with E-state index >= 15 is 0 Å². The Bertz CT molecular complexity index is 776. The summed E-state index contributed by atoms with van der Waals surface area (Å²) in [5.74, 6) is 0.0285. The van der Waals surface area contributed by atoms with Crippen LogP contribution in [0.3, 0.4) is 0 Å².